The standard InChI is InChI=1S/C14H26O5/c1-5-6-12(4)8-19-14(16)10-17-9-13(15)18-7-11(2)3/h11-12H,5-10H2,1-4H3. The molecule has 0 aliphatic carbocycles. The monoisotopic (exact) mass is 274 g/mol. The van der Waals surface area contributed by atoms with Gasteiger partial charge in [-0.2, -0.15) is 0 Å². The molecule has 5 nitrogen and oxygen atoms in total. The molecule has 1 atom stereocenters. The summed E-state index contributed by atoms with van der Waals surface area (Å²) in [6.45, 7) is 8.34. The van der Waals surface area contributed by atoms with Crippen molar-refractivity contribution < 1.29 is 23.8 Å². The van der Waals surface area contributed by atoms with Gasteiger partial charge in [-0.1, -0.05) is 34.1 Å². The summed E-state index contributed by atoms with van der Waals surface area (Å²) < 4.78 is 14.9. The quantitative estimate of drug-likeness (QED) is 0.571. The van der Waals surface area contributed by atoms with E-state index in [-0.39, 0.29) is 19.1 Å². The summed E-state index contributed by atoms with van der Waals surface area (Å²) in [7, 11) is 0. The first kappa shape index (κ1) is 17.9. The number of carbonyl (C=O) groups is 2. The Balaban J connectivity index is 3.55. The Morgan fingerprint density at radius 3 is 1.95 bits per heavy atom. The van der Waals surface area contributed by atoms with Crippen molar-refractivity contribution in [3.63, 3.8) is 0 Å². The van der Waals surface area contributed by atoms with E-state index >= 15 is 0 Å². The maximum absolute atomic E-state index is 11.3. The normalized spacial score (nSPS) is 12.3. The molecule has 0 aliphatic heterocycles. The molecule has 0 saturated heterocycles. The average Bonchev–Trinajstić information content (AvgIpc) is 2.34. The van der Waals surface area contributed by atoms with E-state index in [0.29, 0.717) is 19.1 Å². The molecule has 0 radical (unpaired) electrons. The molecule has 0 aromatic carbocycles. The molecule has 1 unspecified atom stereocenters. The van der Waals surface area contributed by atoms with Crippen LogP contribution in [0.5, 0.6) is 0 Å². The van der Waals surface area contributed by atoms with Crippen molar-refractivity contribution in [2.24, 2.45) is 11.8 Å². The van der Waals surface area contributed by atoms with Crippen LogP contribution < -0.4 is 0 Å². The first-order valence-corrected chi connectivity index (χ1v) is 6.84. The van der Waals surface area contributed by atoms with Gasteiger partial charge in [0.2, 0.25) is 0 Å². The molecular formula is C14H26O5. The van der Waals surface area contributed by atoms with Gasteiger partial charge in [-0.3, -0.25) is 0 Å². The fourth-order valence-corrected chi connectivity index (χ4v) is 1.37. The van der Waals surface area contributed by atoms with E-state index in [0.717, 1.165) is 12.8 Å². The molecule has 0 spiro atoms. The molecule has 0 aromatic rings. The molecule has 112 valence electrons. The van der Waals surface area contributed by atoms with Gasteiger partial charge in [0.25, 0.3) is 0 Å². The molecule has 0 saturated carbocycles. The van der Waals surface area contributed by atoms with E-state index in [1.807, 2.05) is 20.8 Å². The van der Waals surface area contributed by atoms with Crippen LogP contribution in [-0.4, -0.2) is 38.4 Å². The topological polar surface area (TPSA) is 61.8 Å². The Morgan fingerprint density at radius 1 is 0.947 bits per heavy atom. The molecular weight excluding hydrogens is 248 g/mol. The van der Waals surface area contributed by atoms with Crippen molar-refractivity contribution in [2.75, 3.05) is 26.4 Å². The molecule has 0 amide bonds. The summed E-state index contributed by atoms with van der Waals surface area (Å²) in [5, 5.41) is 0. The van der Waals surface area contributed by atoms with Crippen LogP contribution in [0.2, 0.25) is 0 Å². The van der Waals surface area contributed by atoms with E-state index in [1.54, 1.807) is 0 Å². The van der Waals surface area contributed by atoms with Crippen LogP contribution in [0, 0.1) is 11.8 Å². The van der Waals surface area contributed by atoms with Gasteiger partial charge in [-0.25, -0.2) is 9.59 Å². The number of rotatable bonds is 10. The van der Waals surface area contributed by atoms with E-state index in [9.17, 15) is 9.59 Å². The van der Waals surface area contributed by atoms with Crippen LogP contribution in [0.15, 0.2) is 0 Å². The second-order valence-corrected chi connectivity index (χ2v) is 5.15. The van der Waals surface area contributed by atoms with Crippen LogP contribution in [0.3, 0.4) is 0 Å². The summed E-state index contributed by atoms with van der Waals surface area (Å²) in [5.41, 5.74) is 0. The van der Waals surface area contributed by atoms with Gasteiger partial charge >= 0.3 is 11.9 Å². The predicted octanol–water partition coefficient (Wildman–Crippen LogP) is 2.18. The zero-order valence-electron chi connectivity index (χ0n) is 12.4. The third kappa shape index (κ3) is 11.7. The van der Waals surface area contributed by atoms with E-state index < -0.39 is 11.9 Å². The maximum Gasteiger partial charge on any atom is 0.332 e. The minimum Gasteiger partial charge on any atom is -0.464 e. The number of esters is 2. The highest BCUT2D eigenvalue weighted by atomic mass is 16.6. The lowest BCUT2D eigenvalue weighted by atomic mass is 10.1. The van der Waals surface area contributed by atoms with E-state index in [2.05, 4.69) is 6.92 Å². The summed E-state index contributed by atoms with van der Waals surface area (Å²) in [4.78, 5) is 22.5. The lowest BCUT2D eigenvalue weighted by Gasteiger charge is -2.11. The van der Waals surface area contributed by atoms with Gasteiger partial charge in [0.15, 0.2) is 0 Å². The zero-order chi connectivity index (χ0) is 14.7. The molecule has 0 heterocycles. The van der Waals surface area contributed by atoms with Gasteiger partial charge in [-0.05, 0) is 18.3 Å². The van der Waals surface area contributed by atoms with Gasteiger partial charge in [0, 0.05) is 0 Å². The summed E-state index contributed by atoms with van der Waals surface area (Å²) in [5.74, 6) is -0.264. The third-order valence-corrected chi connectivity index (χ3v) is 2.33. The Hall–Kier alpha value is -1.10. The fraction of sp³-hybridized carbons (Fsp3) is 0.857. The molecule has 19 heavy (non-hydrogen) atoms. The van der Waals surface area contributed by atoms with Crippen molar-refractivity contribution in [2.45, 2.75) is 40.5 Å². The van der Waals surface area contributed by atoms with Crippen molar-refractivity contribution in [1.29, 1.82) is 0 Å². The molecule has 0 aromatic heterocycles. The Bertz CT molecular complexity index is 263. The van der Waals surface area contributed by atoms with Crippen molar-refractivity contribution in [3.05, 3.63) is 0 Å². The third-order valence-electron chi connectivity index (χ3n) is 2.33. The highest BCUT2D eigenvalue weighted by Gasteiger charge is 2.09. The smallest absolute Gasteiger partial charge is 0.332 e. The zero-order valence-corrected chi connectivity index (χ0v) is 12.4. The average molecular weight is 274 g/mol. The van der Waals surface area contributed by atoms with Gasteiger partial charge in [0.05, 0.1) is 13.2 Å². The Kier molecular flexibility index (Phi) is 10.2. The minimum absolute atomic E-state index is 0.213. The lowest BCUT2D eigenvalue weighted by molar-refractivity contribution is -0.156. The van der Waals surface area contributed by atoms with Crippen molar-refractivity contribution >= 4 is 11.9 Å². The molecule has 0 N–H and O–H groups in total. The van der Waals surface area contributed by atoms with Crippen LogP contribution in [-0.2, 0) is 23.8 Å². The number of ether oxygens (including phenoxy) is 3. The fourth-order valence-electron chi connectivity index (χ4n) is 1.37. The maximum atomic E-state index is 11.3. The summed E-state index contributed by atoms with van der Waals surface area (Å²) >= 11 is 0. The molecule has 0 fully saturated rings. The van der Waals surface area contributed by atoms with E-state index in [4.69, 9.17) is 14.2 Å². The predicted molar refractivity (Wildman–Crippen MR) is 71.6 cm³/mol. The second kappa shape index (κ2) is 10.8. The summed E-state index contributed by atoms with van der Waals surface area (Å²) in [6, 6.07) is 0. The number of hydrogen-bond donors (Lipinski definition) is 0. The Morgan fingerprint density at radius 2 is 1.47 bits per heavy atom. The molecule has 5 heteroatoms. The first-order chi connectivity index (χ1) is 8.95. The van der Waals surface area contributed by atoms with Crippen LogP contribution >= 0.6 is 0 Å². The molecule has 0 aliphatic rings. The minimum atomic E-state index is -0.458. The van der Waals surface area contributed by atoms with Gasteiger partial charge in [0.1, 0.15) is 13.2 Å². The van der Waals surface area contributed by atoms with Crippen molar-refractivity contribution in [3.8, 4) is 0 Å². The molecule has 0 bridgehead atoms. The van der Waals surface area contributed by atoms with Gasteiger partial charge in [-0.15, -0.1) is 0 Å². The number of hydrogen-bond acceptors (Lipinski definition) is 5. The largest absolute Gasteiger partial charge is 0.464 e. The lowest BCUT2D eigenvalue weighted by Crippen LogP contribution is -2.21. The van der Waals surface area contributed by atoms with E-state index in [1.165, 1.54) is 0 Å². The highest BCUT2D eigenvalue weighted by Crippen LogP contribution is 2.05. The molecule has 0 rings (SSSR count). The summed E-state index contributed by atoms with van der Waals surface area (Å²) in [6.07, 6.45) is 2.09. The Labute approximate surface area is 115 Å². The van der Waals surface area contributed by atoms with Gasteiger partial charge < -0.3 is 14.2 Å². The van der Waals surface area contributed by atoms with Crippen LogP contribution in [0.25, 0.3) is 0 Å². The number of carbonyl (C=O) groups excluding carboxylic acids is 2. The van der Waals surface area contributed by atoms with Crippen molar-refractivity contribution in [1.82, 2.24) is 0 Å². The van der Waals surface area contributed by atoms with Crippen LogP contribution in [0.1, 0.15) is 40.5 Å². The van der Waals surface area contributed by atoms with Crippen LogP contribution in [0.4, 0.5) is 0 Å². The SMILES string of the molecule is CCCC(C)COC(=O)COCC(=O)OCC(C)C. The second-order valence-electron chi connectivity index (χ2n) is 5.15. The highest BCUT2D eigenvalue weighted by molar-refractivity contribution is 5.73. The first-order valence-electron chi connectivity index (χ1n) is 6.84.